The van der Waals surface area contributed by atoms with E-state index >= 15 is 0 Å². The highest BCUT2D eigenvalue weighted by Crippen LogP contribution is 2.30. The van der Waals surface area contributed by atoms with Crippen molar-refractivity contribution < 1.29 is 14.6 Å². The number of carbonyl (C=O) groups excluding carboxylic acids is 1. The van der Waals surface area contributed by atoms with E-state index in [-0.39, 0.29) is 11.5 Å². The number of ketones is 1. The maximum absolute atomic E-state index is 12.4. The second kappa shape index (κ2) is 9.47. The van der Waals surface area contributed by atoms with Gasteiger partial charge in [-0.05, 0) is 60.9 Å². The summed E-state index contributed by atoms with van der Waals surface area (Å²) < 4.78 is 5.71. The zero-order valence-corrected chi connectivity index (χ0v) is 15.3. The van der Waals surface area contributed by atoms with Crippen molar-refractivity contribution in [3.8, 4) is 11.5 Å². The van der Waals surface area contributed by atoms with Crippen LogP contribution in [0.5, 0.6) is 11.5 Å². The Hall–Kier alpha value is -3.01. The standard InChI is InChI=1S/C22H25NO3/c1-4-6-17-14-18(22(15-21(17)25)26-13-5-2)9-12-20(24)16-7-10-19(23-3)11-8-16/h4,7-12,14-15,23,25H,1,5-6,13H2,2-3H3/b12-9+. The summed E-state index contributed by atoms with van der Waals surface area (Å²) in [6.07, 6.45) is 6.38. The number of carbonyl (C=O) groups is 1. The van der Waals surface area contributed by atoms with Gasteiger partial charge in [0.05, 0.1) is 6.61 Å². The maximum atomic E-state index is 12.4. The first kappa shape index (κ1) is 19.3. The molecule has 0 saturated carbocycles. The lowest BCUT2D eigenvalue weighted by atomic mass is 10.0. The highest BCUT2D eigenvalue weighted by Gasteiger charge is 2.09. The van der Waals surface area contributed by atoms with Gasteiger partial charge in [0.1, 0.15) is 11.5 Å². The topological polar surface area (TPSA) is 58.6 Å². The minimum Gasteiger partial charge on any atom is -0.508 e. The lowest BCUT2D eigenvalue weighted by Crippen LogP contribution is -1.99. The van der Waals surface area contributed by atoms with Gasteiger partial charge < -0.3 is 15.2 Å². The fourth-order valence-corrected chi connectivity index (χ4v) is 2.48. The van der Waals surface area contributed by atoms with Gasteiger partial charge in [0.2, 0.25) is 0 Å². The van der Waals surface area contributed by atoms with Gasteiger partial charge in [0, 0.05) is 29.9 Å². The summed E-state index contributed by atoms with van der Waals surface area (Å²) in [6.45, 7) is 6.26. The van der Waals surface area contributed by atoms with Crippen LogP contribution in [0.25, 0.3) is 6.08 Å². The van der Waals surface area contributed by atoms with E-state index in [1.807, 2.05) is 32.2 Å². The van der Waals surface area contributed by atoms with Crippen molar-refractivity contribution in [2.75, 3.05) is 19.0 Å². The number of benzene rings is 2. The number of hydrogen-bond acceptors (Lipinski definition) is 4. The molecule has 0 aliphatic rings. The predicted molar refractivity (Wildman–Crippen MR) is 107 cm³/mol. The Morgan fingerprint density at radius 1 is 1.27 bits per heavy atom. The molecule has 0 amide bonds. The summed E-state index contributed by atoms with van der Waals surface area (Å²) in [5.74, 6) is 0.640. The molecule has 2 aromatic rings. The Morgan fingerprint density at radius 2 is 2.00 bits per heavy atom. The summed E-state index contributed by atoms with van der Waals surface area (Å²) >= 11 is 0. The average molecular weight is 351 g/mol. The molecule has 0 saturated heterocycles. The third kappa shape index (κ3) is 4.99. The number of phenolic OH excluding ortho intramolecular Hbond substituents is 1. The zero-order valence-electron chi connectivity index (χ0n) is 15.3. The fourth-order valence-electron chi connectivity index (χ4n) is 2.48. The van der Waals surface area contributed by atoms with Crippen LogP contribution in [0.3, 0.4) is 0 Å². The van der Waals surface area contributed by atoms with Crippen molar-refractivity contribution in [1.82, 2.24) is 0 Å². The number of ether oxygens (including phenoxy) is 1. The number of aromatic hydroxyl groups is 1. The summed E-state index contributed by atoms with van der Waals surface area (Å²) in [7, 11) is 1.83. The normalized spacial score (nSPS) is 10.7. The Balaban J connectivity index is 2.28. The van der Waals surface area contributed by atoms with Crippen molar-refractivity contribution in [2.24, 2.45) is 0 Å². The molecule has 0 unspecified atom stereocenters. The first-order valence-electron chi connectivity index (χ1n) is 8.68. The van der Waals surface area contributed by atoms with Gasteiger partial charge in [-0.3, -0.25) is 4.79 Å². The fraction of sp³-hybridized carbons (Fsp3) is 0.227. The molecule has 0 radical (unpaired) electrons. The average Bonchev–Trinajstić information content (AvgIpc) is 2.66. The maximum Gasteiger partial charge on any atom is 0.185 e. The molecule has 0 bridgehead atoms. The first-order valence-corrected chi connectivity index (χ1v) is 8.68. The van der Waals surface area contributed by atoms with Crippen LogP contribution in [0.15, 0.2) is 55.1 Å². The molecule has 0 atom stereocenters. The largest absolute Gasteiger partial charge is 0.508 e. The van der Waals surface area contributed by atoms with E-state index in [4.69, 9.17) is 4.74 Å². The van der Waals surface area contributed by atoms with Crippen LogP contribution in [0, 0.1) is 0 Å². The van der Waals surface area contributed by atoms with Gasteiger partial charge in [0.15, 0.2) is 5.78 Å². The van der Waals surface area contributed by atoms with Gasteiger partial charge in [-0.2, -0.15) is 0 Å². The van der Waals surface area contributed by atoms with Crippen LogP contribution in [-0.4, -0.2) is 24.5 Å². The molecule has 0 fully saturated rings. The molecular weight excluding hydrogens is 326 g/mol. The van der Waals surface area contributed by atoms with Crippen LogP contribution in [0.2, 0.25) is 0 Å². The van der Waals surface area contributed by atoms with E-state index in [0.717, 1.165) is 23.2 Å². The van der Waals surface area contributed by atoms with Crippen LogP contribution in [0.4, 0.5) is 5.69 Å². The monoisotopic (exact) mass is 351 g/mol. The Labute approximate surface area is 154 Å². The van der Waals surface area contributed by atoms with Gasteiger partial charge in [-0.1, -0.05) is 13.0 Å². The third-order valence-corrected chi connectivity index (χ3v) is 3.91. The van der Waals surface area contributed by atoms with Gasteiger partial charge in [-0.15, -0.1) is 6.58 Å². The third-order valence-electron chi connectivity index (χ3n) is 3.91. The molecule has 136 valence electrons. The molecule has 0 heterocycles. The molecule has 2 aromatic carbocycles. The van der Waals surface area contributed by atoms with E-state index in [1.165, 1.54) is 6.08 Å². The van der Waals surface area contributed by atoms with Gasteiger partial charge in [-0.25, -0.2) is 0 Å². The zero-order chi connectivity index (χ0) is 18.9. The minimum absolute atomic E-state index is 0.0903. The molecule has 0 aliphatic carbocycles. The number of anilines is 1. The molecular formula is C22H25NO3. The number of rotatable bonds is 9. The molecule has 0 aliphatic heterocycles. The molecule has 2 rings (SSSR count). The smallest absolute Gasteiger partial charge is 0.185 e. The van der Waals surface area contributed by atoms with E-state index in [9.17, 15) is 9.90 Å². The lowest BCUT2D eigenvalue weighted by Gasteiger charge is -2.12. The first-order chi connectivity index (χ1) is 12.6. The molecule has 0 aromatic heterocycles. The van der Waals surface area contributed by atoms with Crippen LogP contribution < -0.4 is 10.1 Å². The Bertz CT molecular complexity index is 792. The van der Waals surface area contributed by atoms with Crippen LogP contribution in [-0.2, 0) is 6.42 Å². The Kier molecular flexibility index (Phi) is 7.03. The van der Waals surface area contributed by atoms with Gasteiger partial charge >= 0.3 is 0 Å². The summed E-state index contributed by atoms with van der Waals surface area (Å²) in [5, 5.41) is 13.2. The van der Waals surface area contributed by atoms with E-state index < -0.39 is 0 Å². The molecule has 4 nitrogen and oxygen atoms in total. The summed E-state index contributed by atoms with van der Waals surface area (Å²) in [5.41, 5.74) is 3.07. The number of phenols is 1. The van der Waals surface area contributed by atoms with E-state index in [1.54, 1.807) is 30.4 Å². The van der Waals surface area contributed by atoms with Crippen molar-refractivity contribution in [1.29, 1.82) is 0 Å². The highest BCUT2D eigenvalue weighted by molar-refractivity contribution is 6.07. The second-order valence-electron chi connectivity index (χ2n) is 5.88. The second-order valence-corrected chi connectivity index (χ2v) is 5.88. The number of allylic oxidation sites excluding steroid dienone is 2. The summed E-state index contributed by atoms with van der Waals surface area (Å²) in [6, 6.07) is 10.7. The summed E-state index contributed by atoms with van der Waals surface area (Å²) in [4.78, 5) is 12.4. The van der Waals surface area contributed by atoms with Crippen LogP contribution >= 0.6 is 0 Å². The van der Waals surface area contributed by atoms with E-state index in [2.05, 4.69) is 11.9 Å². The van der Waals surface area contributed by atoms with E-state index in [0.29, 0.717) is 24.3 Å². The highest BCUT2D eigenvalue weighted by atomic mass is 16.5. The van der Waals surface area contributed by atoms with Crippen molar-refractivity contribution >= 4 is 17.5 Å². The number of hydrogen-bond donors (Lipinski definition) is 2. The van der Waals surface area contributed by atoms with Crippen molar-refractivity contribution in [3.05, 3.63) is 71.8 Å². The minimum atomic E-state index is -0.0903. The quantitative estimate of drug-likeness (QED) is 0.385. The van der Waals surface area contributed by atoms with Crippen molar-refractivity contribution in [3.63, 3.8) is 0 Å². The van der Waals surface area contributed by atoms with Crippen LogP contribution in [0.1, 0.15) is 34.8 Å². The molecule has 0 spiro atoms. The van der Waals surface area contributed by atoms with Gasteiger partial charge in [0.25, 0.3) is 0 Å². The molecule has 26 heavy (non-hydrogen) atoms. The predicted octanol–water partition coefficient (Wildman–Crippen LogP) is 4.85. The van der Waals surface area contributed by atoms with Crippen molar-refractivity contribution in [2.45, 2.75) is 19.8 Å². The SMILES string of the molecule is C=CCc1cc(/C=C/C(=O)c2ccc(NC)cc2)c(OCCC)cc1O. The lowest BCUT2D eigenvalue weighted by molar-refractivity contribution is 0.104. The Morgan fingerprint density at radius 3 is 2.62 bits per heavy atom. The molecule has 4 heteroatoms. The molecule has 2 N–H and O–H groups in total. The number of nitrogens with one attached hydrogen (secondary N) is 1.